The molecule has 13 rings (SSSR count). The molecule has 0 N–H and O–H groups in total. The molecule has 0 atom stereocenters. The third-order valence-corrected chi connectivity index (χ3v) is 12.8. The lowest BCUT2D eigenvalue weighted by atomic mass is 10.1. The van der Waals surface area contributed by atoms with E-state index >= 15 is 4.79 Å². The Morgan fingerprint density at radius 2 is 0.694 bits per heavy atom. The molecule has 1 aliphatic rings. The summed E-state index contributed by atoms with van der Waals surface area (Å²) in [7, 11) is 0. The Balaban J connectivity index is 1.14. The van der Waals surface area contributed by atoms with E-state index < -0.39 is 0 Å². The van der Waals surface area contributed by atoms with Crippen LogP contribution in [0.1, 0.15) is 20.7 Å². The number of carbonyl (C=O) groups is 2. The van der Waals surface area contributed by atoms with Crippen molar-refractivity contribution in [3.05, 3.63) is 217 Å². The van der Waals surface area contributed by atoms with Gasteiger partial charge in [0.1, 0.15) is 0 Å². The van der Waals surface area contributed by atoms with Gasteiger partial charge >= 0.3 is 0 Å². The van der Waals surface area contributed by atoms with Crippen molar-refractivity contribution in [3.63, 3.8) is 0 Å². The number of anilines is 1. The van der Waals surface area contributed by atoms with Crippen LogP contribution in [0, 0.1) is 0 Å². The van der Waals surface area contributed by atoms with E-state index in [2.05, 4.69) is 159 Å². The van der Waals surface area contributed by atoms with Crippen LogP contribution < -0.4 is 4.90 Å². The molecular weight excluding hydrogens is 761 g/mol. The summed E-state index contributed by atoms with van der Waals surface area (Å²) in [6, 6.07) is 70.5. The summed E-state index contributed by atoms with van der Waals surface area (Å²) in [6.07, 6.45) is 0. The summed E-state index contributed by atoms with van der Waals surface area (Å²) < 4.78 is 6.95. The van der Waals surface area contributed by atoms with Gasteiger partial charge < -0.3 is 13.7 Å². The van der Waals surface area contributed by atoms with Crippen molar-refractivity contribution in [1.82, 2.24) is 13.7 Å². The summed E-state index contributed by atoms with van der Waals surface area (Å²) >= 11 is 0. The number of imide groups is 1. The Morgan fingerprint density at radius 1 is 0.290 bits per heavy atom. The van der Waals surface area contributed by atoms with Crippen molar-refractivity contribution in [3.8, 4) is 28.2 Å². The first-order valence-electron chi connectivity index (χ1n) is 20.9. The maximum Gasteiger partial charge on any atom is 0.268 e. The van der Waals surface area contributed by atoms with E-state index in [1.807, 2.05) is 54.6 Å². The van der Waals surface area contributed by atoms with Crippen LogP contribution in [0.25, 0.3) is 93.6 Å². The zero-order valence-electron chi connectivity index (χ0n) is 33.2. The van der Waals surface area contributed by atoms with Crippen LogP contribution in [0.2, 0.25) is 0 Å². The molecule has 12 aromatic rings. The molecule has 6 nitrogen and oxygen atoms in total. The van der Waals surface area contributed by atoms with Gasteiger partial charge in [0.2, 0.25) is 0 Å². The second-order valence-electron chi connectivity index (χ2n) is 16.0. The predicted octanol–water partition coefficient (Wildman–Crippen LogP) is 13.4. The van der Waals surface area contributed by atoms with Crippen molar-refractivity contribution in [1.29, 1.82) is 0 Å². The van der Waals surface area contributed by atoms with Crippen molar-refractivity contribution in [2.45, 2.75) is 0 Å². The summed E-state index contributed by atoms with van der Waals surface area (Å²) in [6.45, 7) is 0. The van der Waals surface area contributed by atoms with Crippen LogP contribution in [0.5, 0.6) is 0 Å². The lowest BCUT2D eigenvalue weighted by molar-refractivity contribution is 0.0926. The molecule has 62 heavy (non-hydrogen) atoms. The number of para-hydroxylation sites is 6. The number of benzene rings is 9. The molecular formula is C56H34N4O2. The number of rotatable bonds is 5. The van der Waals surface area contributed by atoms with Gasteiger partial charge in [0, 0.05) is 32.3 Å². The molecule has 290 valence electrons. The fraction of sp³-hybridized carbons (Fsp3) is 0. The summed E-state index contributed by atoms with van der Waals surface area (Å²) in [5.74, 6) is -0.697. The van der Waals surface area contributed by atoms with Crippen molar-refractivity contribution in [2.24, 2.45) is 0 Å². The lowest BCUT2D eigenvalue weighted by Crippen LogP contribution is -2.29. The monoisotopic (exact) mass is 794 g/mol. The highest BCUT2D eigenvalue weighted by Crippen LogP contribution is 2.45. The van der Waals surface area contributed by atoms with Gasteiger partial charge in [-0.2, -0.15) is 0 Å². The summed E-state index contributed by atoms with van der Waals surface area (Å²) in [4.78, 5) is 31.1. The second kappa shape index (κ2) is 13.0. The Bertz CT molecular complexity index is 3570. The molecule has 9 aromatic carbocycles. The standard InChI is InChI=1S/C56H34N4O2/c61-55-44-23-14-28-49(52(44)56(62)57(55)37-33-31-36(32-34-37)35-15-2-1-3-16-35)60-53-42(21-12-29-50(53)58-45-24-8-4-17-38(45)39-18-5-9-25-46(39)58)43-22-13-30-51(54(43)60)59-47-26-10-6-19-40(47)41-20-7-11-27-48(41)59/h1-34H. The van der Waals surface area contributed by atoms with E-state index in [0.717, 1.165) is 87.9 Å². The first kappa shape index (κ1) is 34.4. The number of hydrogen-bond donors (Lipinski definition) is 0. The van der Waals surface area contributed by atoms with Gasteiger partial charge in [-0.25, -0.2) is 4.90 Å². The third-order valence-electron chi connectivity index (χ3n) is 12.8. The number of amides is 2. The van der Waals surface area contributed by atoms with Crippen LogP contribution >= 0.6 is 0 Å². The van der Waals surface area contributed by atoms with E-state index in [-0.39, 0.29) is 11.8 Å². The van der Waals surface area contributed by atoms with Crippen LogP contribution in [-0.4, -0.2) is 25.5 Å². The number of hydrogen-bond acceptors (Lipinski definition) is 2. The molecule has 4 heterocycles. The van der Waals surface area contributed by atoms with Crippen LogP contribution in [0.15, 0.2) is 206 Å². The Hall–Kier alpha value is -8.48. The zero-order chi connectivity index (χ0) is 41.1. The zero-order valence-corrected chi connectivity index (χ0v) is 33.2. The highest BCUT2D eigenvalue weighted by atomic mass is 16.2. The van der Waals surface area contributed by atoms with Gasteiger partial charge in [-0.1, -0.05) is 146 Å². The summed E-state index contributed by atoms with van der Waals surface area (Å²) in [5.41, 5.74) is 12.1. The van der Waals surface area contributed by atoms with Gasteiger partial charge in [-0.05, 0) is 71.8 Å². The van der Waals surface area contributed by atoms with Crippen LogP contribution in [-0.2, 0) is 0 Å². The minimum atomic E-state index is -0.355. The first-order valence-corrected chi connectivity index (χ1v) is 20.9. The number of fused-ring (bicyclic) bond motifs is 10. The fourth-order valence-electron chi connectivity index (χ4n) is 10.2. The first-order chi connectivity index (χ1) is 30.7. The largest absolute Gasteiger partial charge is 0.307 e. The topological polar surface area (TPSA) is 52.2 Å². The quantitative estimate of drug-likeness (QED) is 0.163. The Labute approximate surface area is 355 Å². The lowest BCUT2D eigenvalue weighted by Gasteiger charge is -2.18. The molecule has 0 unspecified atom stereocenters. The van der Waals surface area contributed by atoms with Crippen molar-refractivity contribution >= 4 is 82.9 Å². The van der Waals surface area contributed by atoms with Crippen LogP contribution in [0.4, 0.5) is 5.69 Å². The smallest absolute Gasteiger partial charge is 0.268 e. The maximum absolute atomic E-state index is 15.2. The predicted molar refractivity (Wildman–Crippen MR) is 252 cm³/mol. The minimum absolute atomic E-state index is 0.342. The van der Waals surface area contributed by atoms with E-state index in [0.29, 0.717) is 22.5 Å². The average molecular weight is 795 g/mol. The third kappa shape index (κ3) is 4.69. The van der Waals surface area contributed by atoms with Gasteiger partial charge in [0.05, 0.1) is 67.0 Å². The van der Waals surface area contributed by atoms with Gasteiger partial charge in [0.25, 0.3) is 11.8 Å². The van der Waals surface area contributed by atoms with E-state index in [9.17, 15) is 4.79 Å². The number of nitrogens with zero attached hydrogens (tertiary/aromatic N) is 4. The highest BCUT2D eigenvalue weighted by Gasteiger charge is 2.40. The molecule has 0 saturated heterocycles. The molecule has 0 radical (unpaired) electrons. The second-order valence-corrected chi connectivity index (χ2v) is 16.0. The van der Waals surface area contributed by atoms with Crippen LogP contribution in [0.3, 0.4) is 0 Å². The van der Waals surface area contributed by atoms with E-state index in [1.165, 1.54) is 4.90 Å². The molecule has 0 aliphatic carbocycles. The number of carbonyl (C=O) groups excluding carboxylic acids is 2. The van der Waals surface area contributed by atoms with Crippen molar-refractivity contribution in [2.75, 3.05) is 4.90 Å². The molecule has 0 bridgehead atoms. The van der Waals surface area contributed by atoms with Crippen molar-refractivity contribution < 1.29 is 9.59 Å². The Morgan fingerprint density at radius 3 is 1.19 bits per heavy atom. The maximum atomic E-state index is 15.2. The van der Waals surface area contributed by atoms with Gasteiger partial charge in [-0.15, -0.1) is 0 Å². The summed E-state index contributed by atoms with van der Waals surface area (Å²) in [5, 5.41) is 6.69. The van der Waals surface area contributed by atoms with E-state index in [1.54, 1.807) is 6.07 Å². The minimum Gasteiger partial charge on any atom is -0.307 e. The Kier molecular flexibility index (Phi) is 7.22. The molecule has 2 amide bonds. The SMILES string of the molecule is O=C1c2cccc(-n3c4c(-n5c6ccccc6c6ccccc65)cccc4c4cccc(-n5c6ccccc6c6ccccc65)c43)c2C(=O)N1c1ccc(-c2ccccc2)cc1. The number of aromatic nitrogens is 3. The van der Waals surface area contributed by atoms with Gasteiger partial charge in [-0.3, -0.25) is 9.59 Å². The molecule has 0 saturated carbocycles. The fourth-order valence-corrected chi connectivity index (χ4v) is 10.2. The molecule has 3 aromatic heterocycles. The van der Waals surface area contributed by atoms with E-state index in [4.69, 9.17) is 0 Å². The molecule has 1 aliphatic heterocycles. The molecule has 6 heteroatoms. The normalized spacial score (nSPS) is 12.9. The average Bonchev–Trinajstić information content (AvgIpc) is 4.04. The molecule has 0 fully saturated rings. The van der Waals surface area contributed by atoms with Gasteiger partial charge in [0.15, 0.2) is 0 Å². The highest BCUT2D eigenvalue weighted by molar-refractivity contribution is 6.36. The molecule has 0 spiro atoms.